The summed E-state index contributed by atoms with van der Waals surface area (Å²) in [6, 6.07) is 14.1. The second-order valence-electron chi connectivity index (χ2n) is 6.50. The van der Waals surface area contributed by atoms with Gasteiger partial charge < -0.3 is 14.0 Å². The van der Waals surface area contributed by atoms with Crippen molar-refractivity contribution in [3.8, 4) is 17.2 Å². The van der Waals surface area contributed by atoms with Crippen LogP contribution in [0.15, 0.2) is 58.4 Å². The number of sulfonamides is 1. The Morgan fingerprint density at radius 2 is 1.75 bits per heavy atom. The number of benzene rings is 2. The van der Waals surface area contributed by atoms with Crippen LogP contribution in [0.5, 0.6) is 11.5 Å². The van der Waals surface area contributed by atoms with E-state index in [0.29, 0.717) is 5.75 Å². The van der Waals surface area contributed by atoms with Gasteiger partial charge in [-0.25, -0.2) is 13.6 Å². The van der Waals surface area contributed by atoms with Gasteiger partial charge in [-0.05, 0) is 56.3 Å². The van der Waals surface area contributed by atoms with E-state index < -0.39 is 10.0 Å². The highest BCUT2D eigenvalue weighted by Crippen LogP contribution is 2.35. The molecule has 0 saturated carbocycles. The molecule has 1 aliphatic rings. The molecule has 1 aromatic heterocycles. The third kappa shape index (κ3) is 3.39. The van der Waals surface area contributed by atoms with Crippen LogP contribution < -0.4 is 14.6 Å². The molecule has 0 spiro atoms. The summed E-state index contributed by atoms with van der Waals surface area (Å²) in [7, 11) is -3.71. The number of fused-ring (bicyclic) bond motifs is 1. The minimum Gasteiger partial charge on any atom is -0.454 e. The van der Waals surface area contributed by atoms with Crippen LogP contribution in [0.2, 0.25) is 0 Å². The molecule has 0 bridgehead atoms. The fourth-order valence-electron chi connectivity index (χ4n) is 3.21. The number of aromatic nitrogens is 1. The van der Waals surface area contributed by atoms with Crippen molar-refractivity contribution in [3.63, 3.8) is 0 Å². The summed E-state index contributed by atoms with van der Waals surface area (Å²) in [6.45, 7) is 4.20. The number of nitrogens with two attached hydrogens (primary N) is 1. The number of nitrogens with zero attached hydrogens (tertiary/aromatic N) is 2. The molecule has 7 nitrogen and oxygen atoms in total. The van der Waals surface area contributed by atoms with E-state index in [9.17, 15) is 8.42 Å². The van der Waals surface area contributed by atoms with Gasteiger partial charge in [-0.3, -0.25) is 4.99 Å². The third-order valence-electron chi connectivity index (χ3n) is 4.60. The van der Waals surface area contributed by atoms with Crippen LogP contribution in [0.4, 0.5) is 5.69 Å². The van der Waals surface area contributed by atoms with Gasteiger partial charge in [-0.15, -0.1) is 0 Å². The molecule has 0 aliphatic carbocycles. The fourth-order valence-corrected chi connectivity index (χ4v) is 3.73. The number of rotatable bonds is 4. The van der Waals surface area contributed by atoms with Gasteiger partial charge in [0.15, 0.2) is 11.5 Å². The Morgan fingerprint density at radius 3 is 2.46 bits per heavy atom. The molecule has 1 aliphatic heterocycles. The predicted octanol–water partition coefficient (Wildman–Crippen LogP) is 3.22. The molecule has 4 rings (SSSR count). The molecule has 0 amide bonds. The Labute approximate surface area is 163 Å². The molecule has 2 heterocycles. The molecule has 3 aromatic rings. The number of aryl methyl sites for hydroxylation is 1. The number of primary sulfonamides is 1. The van der Waals surface area contributed by atoms with Gasteiger partial charge in [-0.1, -0.05) is 0 Å². The largest absolute Gasteiger partial charge is 0.454 e. The van der Waals surface area contributed by atoms with Gasteiger partial charge in [0.2, 0.25) is 16.8 Å². The molecular weight excluding hydrogens is 378 g/mol. The summed E-state index contributed by atoms with van der Waals surface area (Å²) in [6.07, 6.45) is 1.80. The van der Waals surface area contributed by atoms with Crippen molar-refractivity contribution < 1.29 is 17.9 Å². The topological polar surface area (TPSA) is 95.9 Å². The van der Waals surface area contributed by atoms with Crippen molar-refractivity contribution >= 4 is 21.9 Å². The van der Waals surface area contributed by atoms with Crippen LogP contribution in [-0.4, -0.2) is 26.0 Å². The van der Waals surface area contributed by atoms with E-state index in [-0.39, 0.29) is 11.7 Å². The van der Waals surface area contributed by atoms with Gasteiger partial charge >= 0.3 is 0 Å². The quantitative estimate of drug-likeness (QED) is 0.684. The van der Waals surface area contributed by atoms with Gasteiger partial charge in [0.05, 0.1) is 10.6 Å². The highest BCUT2D eigenvalue weighted by molar-refractivity contribution is 7.89. The Bertz CT molecular complexity index is 1180. The molecular formula is C20H19N3O4S. The van der Waals surface area contributed by atoms with Crippen molar-refractivity contribution in [1.29, 1.82) is 0 Å². The van der Waals surface area contributed by atoms with Gasteiger partial charge in [0, 0.05) is 34.9 Å². The van der Waals surface area contributed by atoms with Crippen molar-refractivity contribution in [2.45, 2.75) is 18.7 Å². The van der Waals surface area contributed by atoms with E-state index in [1.54, 1.807) is 18.3 Å². The highest BCUT2D eigenvalue weighted by atomic mass is 32.2. The summed E-state index contributed by atoms with van der Waals surface area (Å²) < 4.78 is 35.6. The van der Waals surface area contributed by atoms with Crippen molar-refractivity contribution in [3.05, 3.63) is 65.5 Å². The maximum atomic E-state index is 11.4. The van der Waals surface area contributed by atoms with Crippen LogP contribution in [0, 0.1) is 13.8 Å². The predicted molar refractivity (Wildman–Crippen MR) is 106 cm³/mol. The zero-order valence-corrected chi connectivity index (χ0v) is 16.2. The number of hydrogen-bond acceptors (Lipinski definition) is 5. The second kappa shape index (κ2) is 6.81. The number of hydrogen-bond donors (Lipinski definition) is 1. The van der Waals surface area contributed by atoms with Crippen molar-refractivity contribution in [2.75, 3.05) is 6.79 Å². The first-order chi connectivity index (χ1) is 13.3. The van der Waals surface area contributed by atoms with Crippen LogP contribution in [-0.2, 0) is 10.0 Å². The van der Waals surface area contributed by atoms with Crippen molar-refractivity contribution in [1.82, 2.24) is 4.57 Å². The average molecular weight is 397 g/mol. The zero-order chi connectivity index (χ0) is 19.9. The van der Waals surface area contributed by atoms with E-state index in [1.807, 2.05) is 42.7 Å². The van der Waals surface area contributed by atoms with Crippen molar-refractivity contribution in [2.24, 2.45) is 10.1 Å². The summed E-state index contributed by atoms with van der Waals surface area (Å²) in [5, 5.41) is 5.17. The van der Waals surface area contributed by atoms with Gasteiger partial charge in [0.1, 0.15) is 0 Å². The summed E-state index contributed by atoms with van der Waals surface area (Å²) >= 11 is 0. The monoisotopic (exact) mass is 397 g/mol. The van der Waals surface area contributed by atoms with Crippen LogP contribution in [0.25, 0.3) is 5.69 Å². The molecule has 0 fully saturated rings. The highest BCUT2D eigenvalue weighted by Gasteiger charge is 2.14. The summed E-state index contributed by atoms with van der Waals surface area (Å²) in [5.41, 5.74) is 4.58. The standard InChI is InChI=1S/C20H19N3O4S/c1-13-9-15(11-22-16-3-8-19-20(10-16)27-12-26-19)14(2)23(13)17-4-6-18(7-5-17)28(21,24)25/h3-11H,12H2,1-2H3,(H2,21,24,25). The molecule has 2 aromatic carbocycles. The van der Waals surface area contributed by atoms with E-state index in [0.717, 1.165) is 34.1 Å². The van der Waals surface area contributed by atoms with Crippen LogP contribution in [0.1, 0.15) is 17.0 Å². The van der Waals surface area contributed by atoms with Gasteiger partial charge in [-0.2, -0.15) is 0 Å². The Balaban J connectivity index is 1.64. The lowest BCUT2D eigenvalue weighted by Gasteiger charge is -2.10. The lowest BCUT2D eigenvalue weighted by molar-refractivity contribution is 0.174. The van der Waals surface area contributed by atoms with E-state index in [2.05, 4.69) is 4.99 Å². The van der Waals surface area contributed by atoms with Gasteiger partial charge in [0.25, 0.3) is 0 Å². The molecule has 0 unspecified atom stereocenters. The van der Waals surface area contributed by atoms with E-state index in [1.165, 1.54) is 12.1 Å². The Morgan fingerprint density at radius 1 is 1.04 bits per heavy atom. The summed E-state index contributed by atoms with van der Waals surface area (Å²) in [5.74, 6) is 1.41. The Kier molecular flexibility index (Phi) is 4.44. The third-order valence-corrected chi connectivity index (χ3v) is 5.53. The lowest BCUT2D eigenvalue weighted by Crippen LogP contribution is -2.12. The first-order valence-electron chi connectivity index (χ1n) is 8.59. The van der Waals surface area contributed by atoms with Crippen LogP contribution in [0.3, 0.4) is 0 Å². The average Bonchev–Trinajstić information content (AvgIpc) is 3.23. The molecule has 144 valence electrons. The van der Waals surface area contributed by atoms with Crippen LogP contribution >= 0.6 is 0 Å². The lowest BCUT2D eigenvalue weighted by atomic mass is 10.2. The zero-order valence-electron chi connectivity index (χ0n) is 15.4. The fraction of sp³-hybridized carbons (Fsp3) is 0.150. The minimum atomic E-state index is -3.71. The molecule has 0 radical (unpaired) electrons. The SMILES string of the molecule is Cc1cc(C=Nc2ccc3c(c2)OCO3)c(C)n1-c1ccc(S(N)(=O)=O)cc1. The number of aliphatic imine (C=N–C) groups is 1. The number of ether oxygens (including phenoxy) is 2. The smallest absolute Gasteiger partial charge is 0.238 e. The molecule has 28 heavy (non-hydrogen) atoms. The maximum Gasteiger partial charge on any atom is 0.238 e. The molecule has 8 heteroatoms. The summed E-state index contributed by atoms with van der Waals surface area (Å²) in [4.78, 5) is 4.63. The first kappa shape index (κ1) is 18.3. The first-order valence-corrected chi connectivity index (χ1v) is 10.1. The van der Waals surface area contributed by atoms with E-state index >= 15 is 0 Å². The minimum absolute atomic E-state index is 0.0864. The molecule has 0 saturated heterocycles. The second-order valence-corrected chi connectivity index (χ2v) is 8.06. The molecule has 2 N–H and O–H groups in total. The normalized spacial score (nSPS) is 13.4. The Hall–Kier alpha value is -3.10. The van der Waals surface area contributed by atoms with E-state index in [4.69, 9.17) is 14.6 Å². The molecule has 0 atom stereocenters. The maximum absolute atomic E-state index is 11.4.